The molecule has 0 spiro atoms. The van der Waals surface area contributed by atoms with E-state index in [4.69, 9.17) is 23.1 Å². The standard InChI is InChI=1S/C32H30ClFN8O2S2/c1-3-39-13-20(24-16-46-32(36)38-24)30(44)18-10-27(21(33)11-25(18)39)41-5-7-42(8-6-41)28-12-26-17(9-22(28)34)29(43)19(14-40(26)4-2)23-15-45-31(35)37-23/h9-16H,3-8H2,1-2H3,(H2,35,37)(H2,36,38). The van der Waals surface area contributed by atoms with E-state index in [1.165, 1.54) is 28.7 Å². The van der Waals surface area contributed by atoms with Crippen molar-refractivity contribution in [1.82, 2.24) is 19.1 Å². The van der Waals surface area contributed by atoms with E-state index < -0.39 is 5.82 Å². The first-order valence-electron chi connectivity index (χ1n) is 14.8. The third kappa shape index (κ3) is 5.08. The highest BCUT2D eigenvalue weighted by Crippen LogP contribution is 2.34. The van der Waals surface area contributed by atoms with Crippen molar-refractivity contribution in [3.05, 3.63) is 78.7 Å². The van der Waals surface area contributed by atoms with Crippen LogP contribution in [-0.2, 0) is 13.1 Å². The zero-order valence-corrected chi connectivity index (χ0v) is 27.5. The number of thiazole rings is 2. The molecule has 4 aromatic heterocycles. The number of nitrogens with zero attached hydrogens (tertiary/aromatic N) is 6. The van der Waals surface area contributed by atoms with Gasteiger partial charge in [-0.3, -0.25) is 9.59 Å². The zero-order chi connectivity index (χ0) is 32.3. The number of halogens is 2. The molecule has 0 unspecified atom stereocenters. The molecule has 1 saturated heterocycles. The highest BCUT2D eigenvalue weighted by molar-refractivity contribution is 7.14. The van der Waals surface area contributed by atoms with E-state index in [1.807, 2.05) is 40.0 Å². The van der Waals surface area contributed by atoms with Crippen LogP contribution >= 0.6 is 34.3 Å². The van der Waals surface area contributed by atoms with E-state index >= 15 is 4.39 Å². The normalized spacial score (nSPS) is 13.7. The summed E-state index contributed by atoms with van der Waals surface area (Å²) in [5, 5.41) is 5.67. The van der Waals surface area contributed by atoms with E-state index in [2.05, 4.69) is 14.9 Å². The highest BCUT2D eigenvalue weighted by atomic mass is 35.5. The van der Waals surface area contributed by atoms with Gasteiger partial charge in [0.1, 0.15) is 5.82 Å². The number of pyridine rings is 2. The van der Waals surface area contributed by atoms with Crippen LogP contribution in [0.5, 0.6) is 0 Å². The molecule has 1 aliphatic heterocycles. The Labute approximate surface area is 275 Å². The van der Waals surface area contributed by atoms with Crippen LogP contribution in [0.4, 0.5) is 26.0 Å². The van der Waals surface area contributed by atoms with Crippen LogP contribution in [0.2, 0.25) is 5.02 Å². The van der Waals surface area contributed by atoms with Crippen molar-refractivity contribution in [2.24, 2.45) is 0 Å². The summed E-state index contributed by atoms with van der Waals surface area (Å²) in [6.07, 6.45) is 3.57. The predicted molar refractivity (Wildman–Crippen MR) is 188 cm³/mol. The van der Waals surface area contributed by atoms with Crippen molar-refractivity contribution in [3.8, 4) is 22.5 Å². The number of piperazine rings is 1. The molecule has 0 aliphatic carbocycles. The third-order valence-corrected chi connectivity index (χ3v) is 10.2. The first-order valence-corrected chi connectivity index (χ1v) is 17.0. The molecule has 236 valence electrons. The highest BCUT2D eigenvalue weighted by Gasteiger charge is 2.25. The van der Waals surface area contributed by atoms with Gasteiger partial charge in [0.15, 0.2) is 21.1 Å². The molecule has 1 aliphatic rings. The number of fused-ring (bicyclic) bond motifs is 2. The molecule has 46 heavy (non-hydrogen) atoms. The van der Waals surface area contributed by atoms with Crippen molar-refractivity contribution in [3.63, 3.8) is 0 Å². The van der Waals surface area contributed by atoms with Crippen molar-refractivity contribution in [2.45, 2.75) is 26.9 Å². The summed E-state index contributed by atoms with van der Waals surface area (Å²) in [5.41, 5.74) is 15.7. The number of nitrogens with two attached hydrogens (primary N) is 2. The van der Waals surface area contributed by atoms with Gasteiger partial charge in [-0.1, -0.05) is 11.6 Å². The molecule has 0 bridgehead atoms. The lowest BCUT2D eigenvalue weighted by Gasteiger charge is -2.38. The molecule has 5 heterocycles. The van der Waals surface area contributed by atoms with Crippen LogP contribution in [0, 0.1) is 5.82 Å². The van der Waals surface area contributed by atoms with Gasteiger partial charge < -0.3 is 30.4 Å². The lowest BCUT2D eigenvalue weighted by molar-refractivity contribution is 0.599. The minimum Gasteiger partial charge on any atom is -0.375 e. The molecular weight excluding hydrogens is 647 g/mol. The van der Waals surface area contributed by atoms with E-state index in [0.717, 1.165) is 11.2 Å². The second-order valence-electron chi connectivity index (χ2n) is 11.1. The Morgan fingerprint density at radius 1 is 0.761 bits per heavy atom. The number of aryl methyl sites for hydroxylation is 2. The van der Waals surface area contributed by atoms with E-state index in [-0.39, 0.29) is 10.9 Å². The molecule has 10 nitrogen and oxygen atoms in total. The molecule has 0 radical (unpaired) electrons. The second-order valence-corrected chi connectivity index (χ2v) is 13.3. The monoisotopic (exact) mass is 676 g/mol. The van der Waals surface area contributed by atoms with E-state index in [9.17, 15) is 9.59 Å². The predicted octanol–water partition coefficient (Wildman–Crippen LogP) is 5.89. The number of aromatic nitrogens is 4. The molecule has 2 aromatic carbocycles. The maximum Gasteiger partial charge on any atom is 0.198 e. The topological polar surface area (TPSA) is 128 Å². The number of nitrogen functional groups attached to an aromatic ring is 2. The van der Waals surface area contributed by atoms with E-state index in [0.29, 0.717) is 99.0 Å². The minimum atomic E-state index is -0.463. The number of anilines is 4. The van der Waals surface area contributed by atoms with Gasteiger partial charge >= 0.3 is 0 Å². The first kappa shape index (κ1) is 30.2. The van der Waals surface area contributed by atoms with Gasteiger partial charge in [-0.25, -0.2) is 14.4 Å². The summed E-state index contributed by atoms with van der Waals surface area (Å²) >= 11 is 9.38. The number of benzene rings is 2. The molecular formula is C32H30ClFN8O2S2. The van der Waals surface area contributed by atoms with Gasteiger partial charge in [0.25, 0.3) is 0 Å². The van der Waals surface area contributed by atoms with Crippen LogP contribution in [-0.4, -0.2) is 45.3 Å². The number of rotatable bonds is 6. The minimum absolute atomic E-state index is 0.136. The van der Waals surface area contributed by atoms with Crippen molar-refractivity contribution in [2.75, 3.05) is 47.4 Å². The third-order valence-electron chi connectivity index (χ3n) is 8.54. The molecule has 7 rings (SSSR count). The Hall–Kier alpha value is -4.46. The van der Waals surface area contributed by atoms with Crippen LogP contribution in [0.1, 0.15) is 13.8 Å². The maximum atomic E-state index is 15.7. The molecule has 4 N–H and O–H groups in total. The summed E-state index contributed by atoms with van der Waals surface area (Å²) in [6.45, 7) is 7.34. The molecule has 1 fully saturated rings. The average Bonchev–Trinajstić information content (AvgIpc) is 3.69. The Bertz CT molecular complexity index is 2270. The Kier molecular flexibility index (Phi) is 7.70. The smallest absolute Gasteiger partial charge is 0.198 e. The van der Waals surface area contributed by atoms with Crippen LogP contribution in [0.15, 0.2) is 57.0 Å². The molecule has 0 atom stereocenters. The van der Waals surface area contributed by atoms with Crippen molar-refractivity contribution >= 4 is 77.7 Å². The van der Waals surface area contributed by atoms with E-state index in [1.54, 1.807) is 29.2 Å². The lowest BCUT2D eigenvalue weighted by atomic mass is 10.1. The Balaban J connectivity index is 1.20. The maximum absolute atomic E-state index is 15.7. The van der Waals surface area contributed by atoms with Gasteiger partial charge in [0, 0.05) is 73.2 Å². The quantitative estimate of drug-likeness (QED) is 0.224. The van der Waals surface area contributed by atoms with Gasteiger partial charge in [-0.05, 0) is 38.1 Å². The fourth-order valence-corrected chi connectivity index (χ4v) is 7.59. The fraction of sp³-hybridized carbons (Fsp3) is 0.250. The van der Waals surface area contributed by atoms with Gasteiger partial charge in [-0.2, -0.15) is 0 Å². The van der Waals surface area contributed by atoms with Gasteiger partial charge in [0.2, 0.25) is 0 Å². The first-order chi connectivity index (χ1) is 22.2. The molecule has 6 aromatic rings. The summed E-state index contributed by atoms with van der Waals surface area (Å²) in [4.78, 5) is 39.8. The Morgan fingerprint density at radius 3 is 1.72 bits per heavy atom. The summed E-state index contributed by atoms with van der Waals surface area (Å²) in [5.74, 6) is -0.463. The molecule has 0 saturated carbocycles. The number of hydrogen-bond acceptors (Lipinski definition) is 10. The number of hydrogen-bond donors (Lipinski definition) is 2. The summed E-state index contributed by atoms with van der Waals surface area (Å²) < 4.78 is 19.6. The molecule has 0 amide bonds. The van der Waals surface area contributed by atoms with Crippen LogP contribution in [0.25, 0.3) is 44.3 Å². The largest absolute Gasteiger partial charge is 0.375 e. The average molecular weight is 677 g/mol. The second kappa shape index (κ2) is 11.7. The van der Waals surface area contributed by atoms with Crippen LogP contribution in [0.3, 0.4) is 0 Å². The summed E-state index contributed by atoms with van der Waals surface area (Å²) in [7, 11) is 0. The van der Waals surface area contributed by atoms with Crippen LogP contribution < -0.4 is 32.1 Å². The SMILES string of the molecule is CCn1cc(-c2csc(N)n2)c(=O)c2cc(N3CCN(c4cc5c(cc4F)c(=O)c(-c4csc(N)n4)cn5CC)CC3)c(Cl)cc21. The lowest BCUT2D eigenvalue weighted by Crippen LogP contribution is -2.47. The van der Waals surface area contributed by atoms with Crippen molar-refractivity contribution in [1.29, 1.82) is 0 Å². The fourth-order valence-electron chi connectivity index (χ4n) is 6.18. The summed E-state index contributed by atoms with van der Waals surface area (Å²) in [6, 6.07) is 6.78. The molecule has 14 heteroatoms. The van der Waals surface area contributed by atoms with Gasteiger partial charge in [-0.15, -0.1) is 22.7 Å². The van der Waals surface area contributed by atoms with Crippen molar-refractivity contribution < 1.29 is 4.39 Å². The Morgan fingerprint density at radius 2 is 1.24 bits per heavy atom. The van der Waals surface area contributed by atoms with Gasteiger partial charge in [0.05, 0.1) is 49.9 Å². The zero-order valence-electron chi connectivity index (χ0n) is 25.1.